The maximum absolute atomic E-state index is 11.9. The Bertz CT molecular complexity index is 513. The molecule has 1 saturated heterocycles. The zero-order chi connectivity index (χ0) is 15.9. The van der Waals surface area contributed by atoms with Gasteiger partial charge < -0.3 is 15.3 Å². The Hall–Kier alpha value is -1.59. The minimum Gasteiger partial charge on any atom is -0.388 e. The largest absolute Gasteiger partial charge is 0.388 e. The minimum absolute atomic E-state index is 0.00777. The number of aliphatic hydroxyl groups excluding tert-OH is 1. The Kier molecular flexibility index (Phi) is 6.21. The van der Waals surface area contributed by atoms with E-state index in [1.165, 1.54) is 0 Å². The lowest BCUT2D eigenvalue weighted by Crippen LogP contribution is -2.42. The van der Waals surface area contributed by atoms with Gasteiger partial charge in [-0.2, -0.15) is 0 Å². The second-order valence-corrected chi connectivity index (χ2v) is 5.93. The van der Waals surface area contributed by atoms with Crippen LogP contribution >= 0.6 is 11.6 Å². The molecular formula is C16H21ClN2O3. The summed E-state index contributed by atoms with van der Waals surface area (Å²) in [7, 11) is 0. The number of piperidine rings is 1. The Balaban J connectivity index is 1.75. The fraction of sp³-hybridized carbons (Fsp3) is 0.500. The Labute approximate surface area is 135 Å². The van der Waals surface area contributed by atoms with Gasteiger partial charge in [-0.05, 0) is 37.0 Å². The van der Waals surface area contributed by atoms with Crippen molar-refractivity contribution < 1.29 is 14.7 Å². The molecule has 0 saturated carbocycles. The van der Waals surface area contributed by atoms with Crippen LogP contribution in [0.1, 0.15) is 37.4 Å². The molecule has 6 heteroatoms. The highest BCUT2D eigenvalue weighted by atomic mass is 35.5. The number of amides is 2. The molecule has 0 spiro atoms. The number of nitrogens with zero attached hydrogens (tertiary/aromatic N) is 1. The van der Waals surface area contributed by atoms with Crippen LogP contribution in [0.5, 0.6) is 0 Å². The molecule has 5 nitrogen and oxygen atoms in total. The van der Waals surface area contributed by atoms with Crippen molar-refractivity contribution in [1.82, 2.24) is 10.2 Å². The molecule has 0 aliphatic carbocycles. The van der Waals surface area contributed by atoms with Gasteiger partial charge in [0.05, 0.1) is 19.1 Å². The summed E-state index contributed by atoms with van der Waals surface area (Å²) in [5.74, 6) is -0.401. The van der Waals surface area contributed by atoms with Gasteiger partial charge >= 0.3 is 0 Å². The maximum atomic E-state index is 11.9. The Morgan fingerprint density at radius 3 is 2.45 bits per heavy atom. The highest BCUT2D eigenvalue weighted by molar-refractivity contribution is 6.30. The van der Waals surface area contributed by atoms with Crippen molar-refractivity contribution in [2.24, 2.45) is 0 Å². The highest BCUT2D eigenvalue weighted by Gasteiger charge is 2.18. The molecular weight excluding hydrogens is 304 g/mol. The number of likely N-dealkylation sites (tertiary alicyclic amines) is 1. The zero-order valence-electron chi connectivity index (χ0n) is 12.4. The van der Waals surface area contributed by atoms with E-state index in [0.717, 1.165) is 32.4 Å². The van der Waals surface area contributed by atoms with Crippen LogP contribution in [0.3, 0.4) is 0 Å². The van der Waals surface area contributed by atoms with E-state index in [9.17, 15) is 14.7 Å². The van der Waals surface area contributed by atoms with Crippen molar-refractivity contribution in [3.8, 4) is 0 Å². The predicted molar refractivity (Wildman–Crippen MR) is 84.5 cm³/mol. The zero-order valence-corrected chi connectivity index (χ0v) is 13.2. The summed E-state index contributed by atoms with van der Waals surface area (Å²) in [6.07, 6.45) is 2.23. The van der Waals surface area contributed by atoms with Crippen molar-refractivity contribution in [2.75, 3.05) is 19.6 Å². The van der Waals surface area contributed by atoms with E-state index in [1.54, 1.807) is 29.2 Å². The number of hydrogen-bond acceptors (Lipinski definition) is 3. The second kappa shape index (κ2) is 8.15. The first-order valence-corrected chi connectivity index (χ1v) is 7.92. The van der Waals surface area contributed by atoms with Crippen molar-refractivity contribution in [1.29, 1.82) is 0 Å². The first kappa shape index (κ1) is 16.8. The summed E-state index contributed by atoms with van der Waals surface area (Å²) in [4.78, 5) is 25.5. The van der Waals surface area contributed by atoms with Gasteiger partial charge in [0.15, 0.2) is 0 Å². The molecule has 2 N–H and O–H groups in total. The monoisotopic (exact) mass is 324 g/mol. The van der Waals surface area contributed by atoms with E-state index >= 15 is 0 Å². The quantitative estimate of drug-likeness (QED) is 0.869. The predicted octanol–water partition coefficient (Wildman–Crippen LogP) is 1.89. The lowest BCUT2D eigenvalue weighted by atomic mass is 10.1. The van der Waals surface area contributed by atoms with E-state index in [-0.39, 0.29) is 24.8 Å². The summed E-state index contributed by atoms with van der Waals surface area (Å²) < 4.78 is 0. The molecule has 0 bridgehead atoms. The summed E-state index contributed by atoms with van der Waals surface area (Å²) in [5, 5.41) is 13.1. The minimum atomic E-state index is -0.901. The molecule has 1 fully saturated rings. The van der Waals surface area contributed by atoms with Gasteiger partial charge in [0.25, 0.3) is 0 Å². The van der Waals surface area contributed by atoms with E-state index < -0.39 is 6.10 Å². The fourth-order valence-electron chi connectivity index (χ4n) is 2.48. The summed E-state index contributed by atoms with van der Waals surface area (Å²) in [5.41, 5.74) is 0.627. The second-order valence-electron chi connectivity index (χ2n) is 5.49. The van der Waals surface area contributed by atoms with E-state index in [1.807, 2.05) is 0 Å². The smallest absolute Gasteiger partial charge is 0.241 e. The van der Waals surface area contributed by atoms with Gasteiger partial charge in [-0.25, -0.2) is 0 Å². The van der Waals surface area contributed by atoms with Crippen LogP contribution < -0.4 is 5.32 Å². The van der Waals surface area contributed by atoms with Crippen LogP contribution in [-0.4, -0.2) is 41.5 Å². The lowest BCUT2D eigenvalue weighted by molar-refractivity contribution is -0.134. The van der Waals surface area contributed by atoms with Gasteiger partial charge in [0.2, 0.25) is 11.8 Å². The first-order chi connectivity index (χ1) is 10.6. The standard InChI is InChI=1S/C16H21ClN2O3/c17-13-6-4-12(5-7-13)14(20)10-15(21)18-11-16(22)19-8-2-1-3-9-19/h4-7,14,20H,1-3,8-11H2,(H,18,21). The summed E-state index contributed by atoms with van der Waals surface area (Å²) in [6, 6.07) is 6.69. The molecule has 120 valence electrons. The fourth-order valence-corrected chi connectivity index (χ4v) is 2.61. The van der Waals surface area contributed by atoms with Gasteiger partial charge in [-0.3, -0.25) is 9.59 Å². The summed E-state index contributed by atoms with van der Waals surface area (Å²) >= 11 is 5.78. The van der Waals surface area contributed by atoms with Crippen molar-refractivity contribution in [2.45, 2.75) is 31.8 Å². The van der Waals surface area contributed by atoms with Crippen LogP contribution in [0.2, 0.25) is 5.02 Å². The van der Waals surface area contributed by atoms with E-state index in [4.69, 9.17) is 11.6 Å². The number of rotatable bonds is 5. The Morgan fingerprint density at radius 2 is 1.82 bits per heavy atom. The molecule has 0 radical (unpaired) electrons. The van der Waals surface area contributed by atoms with Crippen LogP contribution in [0.15, 0.2) is 24.3 Å². The molecule has 2 rings (SSSR count). The third-order valence-electron chi connectivity index (χ3n) is 3.78. The molecule has 1 aliphatic rings. The first-order valence-electron chi connectivity index (χ1n) is 7.54. The molecule has 1 atom stereocenters. The molecule has 22 heavy (non-hydrogen) atoms. The van der Waals surface area contributed by atoms with Gasteiger partial charge in [0, 0.05) is 18.1 Å². The molecule has 1 aromatic rings. The molecule has 0 aromatic heterocycles. The Morgan fingerprint density at radius 1 is 1.18 bits per heavy atom. The normalized spacial score (nSPS) is 16.2. The third-order valence-corrected chi connectivity index (χ3v) is 4.03. The SMILES string of the molecule is O=C(CC(O)c1ccc(Cl)cc1)NCC(=O)N1CCCCC1. The van der Waals surface area contributed by atoms with Gasteiger partial charge in [-0.1, -0.05) is 23.7 Å². The number of nitrogens with one attached hydrogen (secondary N) is 1. The number of benzene rings is 1. The highest BCUT2D eigenvalue weighted by Crippen LogP contribution is 2.18. The van der Waals surface area contributed by atoms with E-state index in [0.29, 0.717) is 10.6 Å². The molecule has 1 aliphatic heterocycles. The number of hydrogen-bond donors (Lipinski definition) is 2. The average Bonchev–Trinajstić information content (AvgIpc) is 2.54. The summed E-state index contributed by atoms with van der Waals surface area (Å²) in [6.45, 7) is 1.52. The van der Waals surface area contributed by atoms with Gasteiger partial charge in [-0.15, -0.1) is 0 Å². The topological polar surface area (TPSA) is 69.6 Å². The maximum Gasteiger partial charge on any atom is 0.241 e. The number of carbonyl (C=O) groups excluding carboxylic acids is 2. The number of carbonyl (C=O) groups is 2. The molecule has 2 amide bonds. The third kappa shape index (κ3) is 5.00. The molecule has 1 heterocycles. The van der Waals surface area contributed by atoms with E-state index in [2.05, 4.69) is 5.32 Å². The number of halogens is 1. The average molecular weight is 325 g/mol. The van der Waals surface area contributed by atoms with Gasteiger partial charge in [0.1, 0.15) is 0 Å². The molecule has 1 unspecified atom stereocenters. The van der Waals surface area contributed by atoms with Crippen molar-refractivity contribution in [3.63, 3.8) is 0 Å². The molecule has 1 aromatic carbocycles. The van der Waals surface area contributed by atoms with Crippen LogP contribution in [0.4, 0.5) is 0 Å². The van der Waals surface area contributed by atoms with Crippen LogP contribution in [0.25, 0.3) is 0 Å². The lowest BCUT2D eigenvalue weighted by Gasteiger charge is -2.26. The number of aliphatic hydroxyl groups is 1. The van der Waals surface area contributed by atoms with Crippen molar-refractivity contribution in [3.05, 3.63) is 34.9 Å². The van der Waals surface area contributed by atoms with Crippen molar-refractivity contribution >= 4 is 23.4 Å². The van der Waals surface area contributed by atoms with Crippen LogP contribution in [-0.2, 0) is 9.59 Å². The van der Waals surface area contributed by atoms with Crippen LogP contribution in [0, 0.1) is 0 Å².